The van der Waals surface area contributed by atoms with Crippen molar-refractivity contribution in [2.75, 3.05) is 19.0 Å². The molecule has 1 atom stereocenters. The van der Waals surface area contributed by atoms with E-state index in [0.717, 1.165) is 17.9 Å². The van der Waals surface area contributed by atoms with Gasteiger partial charge in [0.05, 0.1) is 24.8 Å². The number of benzene rings is 1. The Bertz CT molecular complexity index is 421. The van der Waals surface area contributed by atoms with Crippen LogP contribution in [0, 0.1) is 31.1 Å². The first-order valence-electron chi connectivity index (χ1n) is 5.91. The first-order chi connectivity index (χ1) is 8.12. The normalized spacial score (nSPS) is 11.7. The predicted molar refractivity (Wildman–Crippen MR) is 70.4 cm³/mol. The van der Waals surface area contributed by atoms with Crippen molar-refractivity contribution in [3.05, 3.63) is 23.3 Å². The van der Waals surface area contributed by atoms with Crippen LogP contribution in [0.4, 0.5) is 5.69 Å². The van der Waals surface area contributed by atoms with E-state index in [0.29, 0.717) is 6.54 Å². The number of ether oxygens (including phenoxy) is 1. The fourth-order valence-corrected chi connectivity index (χ4v) is 1.61. The predicted octanol–water partition coefficient (Wildman–Crippen LogP) is 3.27. The van der Waals surface area contributed by atoms with Crippen molar-refractivity contribution >= 4 is 5.69 Å². The van der Waals surface area contributed by atoms with Gasteiger partial charge in [-0.25, -0.2) is 0 Å². The Hall–Kier alpha value is -1.69. The van der Waals surface area contributed by atoms with Gasteiger partial charge in [-0.05, 0) is 43.5 Å². The van der Waals surface area contributed by atoms with Crippen LogP contribution in [0.1, 0.15) is 24.5 Å². The van der Waals surface area contributed by atoms with Crippen LogP contribution in [0.5, 0.6) is 5.75 Å². The molecule has 0 saturated carbocycles. The SMILES string of the molecule is CCC(C#N)CNc1cc(C)c(C)cc1OC. The van der Waals surface area contributed by atoms with Crippen molar-refractivity contribution in [1.29, 1.82) is 5.26 Å². The van der Waals surface area contributed by atoms with E-state index >= 15 is 0 Å². The molecule has 0 radical (unpaired) electrons. The largest absolute Gasteiger partial charge is 0.495 e. The van der Waals surface area contributed by atoms with Gasteiger partial charge in [0, 0.05) is 6.54 Å². The number of rotatable bonds is 5. The zero-order chi connectivity index (χ0) is 12.8. The lowest BCUT2D eigenvalue weighted by Crippen LogP contribution is -2.12. The third kappa shape index (κ3) is 3.39. The fraction of sp³-hybridized carbons (Fsp3) is 0.500. The molecule has 0 aliphatic carbocycles. The van der Waals surface area contributed by atoms with Crippen molar-refractivity contribution in [2.24, 2.45) is 5.92 Å². The van der Waals surface area contributed by atoms with Gasteiger partial charge >= 0.3 is 0 Å². The zero-order valence-electron chi connectivity index (χ0n) is 11.0. The Balaban J connectivity index is 2.83. The molecule has 0 spiro atoms. The summed E-state index contributed by atoms with van der Waals surface area (Å²) in [5.41, 5.74) is 3.39. The van der Waals surface area contributed by atoms with Crippen LogP contribution < -0.4 is 10.1 Å². The molecule has 0 saturated heterocycles. The van der Waals surface area contributed by atoms with Crippen LogP contribution in [0.2, 0.25) is 0 Å². The maximum atomic E-state index is 8.91. The maximum absolute atomic E-state index is 8.91. The van der Waals surface area contributed by atoms with Crippen LogP contribution in [-0.4, -0.2) is 13.7 Å². The third-order valence-electron chi connectivity index (χ3n) is 3.03. The van der Waals surface area contributed by atoms with Gasteiger partial charge in [-0.15, -0.1) is 0 Å². The summed E-state index contributed by atoms with van der Waals surface area (Å²) in [6.07, 6.45) is 0.858. The van der Waals surface area contributed by atoms with Gasteiger partial charge in [0.1, 0.15) is 5.75 Å². The average Bonchev–Trinajstić information content (AvgIpc) is 2.34. The molecule has 1 aromatic carbocycles. The van der Waals surface area contributed by atoms with E-state index in [4.69, 9.17) is 10.00 Å². The molecule has 1 unspecified atom stereocenters. The van der Waals surface area contributed by atoms with Gasteiger partial charge < -0.3 is 10.1 Å². The second-order valence-electron chi connectivity index (χ2n) is 4.25. The van der Waals surface area contributed by atoms with Gasteiger partial charge in [-0.3, -0.25) is 0 Å². The molecule has 0 fully saturated rings. The molecule has 17 heavy (non-hydrogen) atoms. The van der Waals surface area contributed by atoms with Crippen molar-refractivity contribution in [3.63, 3.8) is 0 Å². The summed E-state index contributed by atoms with van der Waals surface area (Å²) in [6.45, 7) is 6.81. The van der Waals surface area contributed by atoms with Gasteiger partial charge in [0.2, 0.25) is 0 Å². The number of hydrogen-bond acceptors (Lipinski definition) is 3. The molecular formula is C14H20N2O. The van der Waals surface area contributed by atoms with Crippen LogP contribution in [0.3, 0.4) is 0 Å². The molecule has 1 N–H and O–H groups in total. The molecule has 0 aliphatic heterocycles. The van der Waals surface area contributed by atoms with Gasteiger partial charge in [0.15, 0.2) is 0 Å². The lowest BCUT2D eigenvalue weighted by Gasteiger charge is -2.15. The number of nitriles is 1. The molecular weight excluding hydrogens is 212 g/mol. The number of anilines is 1. The summed E-state index contributed by atoms with van der Waals surface area (Å²) in [6, 6.07) is 6.37. The zero-order valence-corrected chi connectivity index (χ0v) is 11.0. The molecule has 92 valence electrons. The highest BCUT2D eigenvalue weighted by Crippen LogP contribution is 2.28. The second kappa shape index (κ2) is 6.15. The molecule has 1 rings (SSSR count). The number of aryl methyl sites for hydroxylation is 2. The van der Waals surface area contributed by atoms with Crippen molar-refractivity contribution in [1.82, 2.24) is 0 Å². The molecule has 3 heteroatoms. The highest BCUT2D eigenvalue weighted by molar-refractivity contribution is 5.60. The molecule has 0 aliphatic rings. The van der Waals surface area contributed by atoms with E-state index in [2.05, 4.69) is 31.3 Å². The molecule has 0 bridgehead atoms. The molecule has 0 amide bonds. The monoisotopic (exact) mass is 232 g/mol. The van der Waals surface area contributed by atoms with Gasteiger partial charge in [-0.1, -0.05) is 6.92 Å². The minimum absolute atomic E-state index is 0.0429. The average molecular weight is 232 g/mol. The Kier molecular flexibility index (Phi) is 4.84. The fourth-order valence-electron chi connectivity index (χ4n) is 1.61. The van der Waals surface area contributed by atoms with Crippen LogP contribution in [-0.2, 0) is 0 Å². The summed E-state index contributed by atoms with van der Waals surface area (Å²) < 4.78 is 5.34. The van der Waals surface area contributed by atoms with E-state index in [-0.39, 0.29) is 5.92 Å². The Morgan fingerprint density at radius 3 is 2.53 bits per heavy atom. The quantitative estimate of drug-likeness (QED) is 0.847. The summed E-state index contributed by atoms with van der Waals surface area (Å²) in [5.74, 6) is 0.877. The number of nitrogens with zero attached hydrogens (tertiary/aromatic N) is 1. The topological polar surface area (TPSA) is 45.0 Å². The second-order valence-corrected chi connectivity index (χ2v) is 4.25. The van der Waals surface area contributed by atoms with Crippen molar-refractivity contribution in [2.45, 2.75) is 27.2 Å². The Morgan fingerprint density at radius 2 is 2.00 bits per heavy atom. The highest BCUT2D eigenvalue weighted by atomic mass is 16.5. The maximum Gasteiger partial charge on any atom is 0.142 e. The lowest BCUT2D eigenvalue weighted by atomic mass is 10.1. The summed E-state index contributed by atoms with van der Waals surface area (Å²) in [7, 11) is 1.66. The van der Waals surface area contributed by atoms with Gasteiger partial charge in [-0.2, -0.15) is 5.26 Å². The molecule has 1 aromatic rings. The van der Waals surface area contributed by atoms with Crippen molar-refractivity contribution < 1.29 is 4.74 Å². The molecule has 0 heterocycles. The number of methoxy groups -OCH3 is 1. The van der Waals surface area contributed by atoms with E-state index in [1.807, 2.05) is 13.0 Å². The molecule has 0 aromatic heterocycles. The minimum atomic E-state index is 0.0429. The lowest BCUT2D eigenvalue weighted by molar-refractivity contribution is 0.416. The van der Waals surface area contributed by atoms with E-state index in [1.54, 1.807) is 7.11 Å². The first-order valence-corrected chi connectivity index (χ1v) is 5.91. The summed E-state index contributed by atoms with van der Waals surface area (Å²) >= 11 is 0. The smallest absolute Gasteiger partial charge is 0.142 e. The summed E-state index contributed by atoms with van der Waals surface area (Å²) in [5, 5.41) is 12.2. The van der Waals surface area contributed by atoms with Crippen molar-refractivity contribution in [3.8, 4) is 11.8 Å². The number of hydrogen-bond donors (Lipinski definition) is 1. The molecule has 3 nitrogen and oxygen atoms in total. The van der Waals surface area contributed by atoms with Crippen LogP contribution in [0.15, 0.2) is 12.1 Å². The summed E-state index contributed by atoms with van der Waals surface area (Å²) in [4.78, 5) is 0. The highest BCUT2D eigenvalue weighted by Gasteiger charge is 2.08. The van der Waals surface area contributed by atoms with E-state index in [1.165, 1.54) is 11.1 Å². The first kappa shape index (κ1) is 13.4. The van der Waals surface area contributed by atoms with E-state index < -0.39 is 0 Å². The van der Waals surface area contributed by atoms with E-state index in [9.17, 15) is 0 Å². The number of nitrogens with one attached hydrogen (secondary N) is 1. The van der Waals surface area contributed by atoms with Crippen LogP contribution in [0.25, 0.3) is 0 Å². The standard InChI is InChI=1S/C14H20N2O/c1-5-12(8-15)9-16-13-6-10(2)11(3)7-14(13)17-4/h6-7,12,16H,5,9H2,1-4H3. The van der Waals surface area contributed by atoms with Crippen LogP contribution >= 0.6 is 0 Å². The van der Waals surface area contributed by atoms with Gasteiger partial charge in [0.25, 0.3) is 0 Å². The minimum Gasteiger partial charge on any atom is -0.495 e. The third-order valence-corrected chi connectivity index (χ3v) is 3.03. The Morgan fingerprint density at radius 1 is 1.35 bits per heavy atom. The Labute approximate surface area is 103 Å².